The number of hydrogen-bond donors (Lipinski definition) is 2. The lowest BCUT2D eigenvalue weighted by Gasteiger charge is -2.33. The van der Waals surface area contributed by atoms with Gasteiger partial charge in [-0.1, -0.05) is 32.9 Å². The van der Waals surface area contributed by atoms with E-state index in [1.807, 2.05) is 36.4 Å². The number of anilines is 3. The zero-order chi connectivity index (χ0) is 19.2. The van der Waals surface area contributed by atoms with Crippen molar-refractivity contribution in [2.24, 2.45) is 0 Å². The first kappa shape index (κ1) is 17.6. The van der Waals surface area contributed by atoms with E-state index in [1.165, 1.54) is 5.56 Å². The lowest BCUT2D eigenvalue weighted by atomic mass is 9.87. The van der Waals surface area contributed by atoms with Gasteiger partial charge in [-0.3, -0.25) is 9.59 Å². The third-order valence-electron chi connectivity index (χ3n) is 5.39. The number of rotatable bonds is 2. The van der Waals surface area contributed by atoms with E-state index in [0.29, 0.717) is 11.3 Å². The second-order valence-corrected chi connectivity index (χ2v) is 8.35. The van der Waals surface area contributed by atoms with Gasteiger partial charge in [0, 0.05) is 17.8 Å². The van der Waals surface area contributed by atoms with Crippen LogP contribution in [0.5, 0.6) is 0 Å². The van der Waals surface area contributed by atoms with E-state index in [9.17, 15) is 9.59 Å². The van der Waals surface area contributed by atoms with E-state index in [1.54, 1.807) is 6.07 Å². The van der Waals surface area contributed by atoms with Crippen LogP contribution < -0.4 is 15.5 Å². The van der Waals surface area contributed by atoms with Crippen molar-refractivity contribution in [1.29, 1.82) is 0 Å². The molecule has 5 heteroatoms. The Morgan fingerprint density at radius 3 is 2.59 bits per heavy atom. The average Bonchev–Trinajstić information content (AvgIpc) is 3.11. The maximum atomic E-state index is 12.7. The summed E-state index contributed by atoms with van der Waals surface area (Å²) < 4.78 is 0. The smallest absolute Gasteiger partial charge is 0.255 e. The molecule has 5 nitrogen and oxygen atoms in total. The summed E-state index contributed by atoms with van der Waals surface area (Å²) in [6.45, 7) is 7.36. The predicted octanol–water partition coefficient (Wildman–Crippen LogP) is 4.16. The second kappa shape index (κ2) is 6.41. The van der Waals surface area contributed by atoms with Crippen molar-refractivity contribution in [3.63, 3.8) is 0 Å². The Bertz CT molecular complexity index is 897. The van der Waals surface area contributed by atoms with Crippen LogP contribution >= 0.6 is 0 Å². The maximum absolute atomic E-state index is 12.7. The van der Waals surface area contributed by atoms with Gasteiger partial charge < -0.3 is 15.5 Å². The van der Waals surface area contributed by atoms with Crippen LogP contribution in [0.15, 0.2) is 42.5 Å². The molecule has 2 N–H and O–H groups in total. The first-order chi connectivity index (χ1) is 12.8. The Balaban J connectivity index is 1.53. The third kappa shape index (κ3) is 3.29. The molecular weight excluding hydrogens is 338 g/mol. The summed E-state index contributed by atoms with van der Waals surface area (Å²) in [5.41, 5.74) is 4.31. The van der Waals surface area contributed by atoms with Gasteiger partial charge in [-0.05, 0) is 54.2 Å². The van der Waals surface area contributed by atoms with E-state index in [-0.39, 0.29) is 23.3 Å². The number of benzene rings is 2. The Kier molecular flexibility index (Phi) is 4.17. The maximum Gasteiger partial charge on any atom is 0.255 e. The van der Waals surface area contributed by atoms with Gasteiger partial charge in [-0.25, -0.2) is 0 Å². The minimum absolute atomic E-state index is 0.0235. The van der Waals surface area contributed by atoms with E-state index >= 15 is 0 Å². The summed E-state index contributed by atoms with van der Waals surface area (Å²) >= 11 is 0. The van der Waals surface area contributed by atoms with Crippen LogP contribution in [0.2, 0.25) is 0 Å². The van der Waals surface area contributed by atoms with E-state index in [2.05, 4.69) is 36.3 Å². The summed E-state index contributed by atoms with van der Waals surface area (Å²) in [5.74, 6) is -0.158. The van der Waals surface area contributed by atoms with E-state index < -0.39 is 0 Å². The lowest BCUT2D eigenvalue weighted by Crippen LogP contribution is -2.43. The molecule has 0 unspecified atom stereocenters. The Morgan fingerprint density at radius 1 is 1.15 bits per heavy atom. The quantitative estimate of drug-likeness (QED) is 0.842. The molecule has 1 fully saturated rings. The highest BCUT2D eigenvalue weighted by molar-refractivity contribution is 6.08. The Morgan fingerprint density at radius 2 is 1.89 bits per heavy atom. The highest BCUT2D eigenvalue weighted by atomic mass is 16.2. The Labute approximate surface area is 159 Å². The van der Waals surface area contributed by atoms with E-state index in [4.69, 9.17) is 0 Å². The van der Waals surface area contributed by atoms with Gasteiger partial charge >= 0.3 is 0 Å². The number of nitrogens with zero attached hydrogens (tertiary/aromatic N) is 1. The van der Waals surface area contributed by atoms with Crippen molar-refractivity contribution in [2.75, 3.05) is 22.1 Å². The molecule has 2 aromatic rings. The van der Waals surface area contributed by atoms with Crippen LogP contribution in [-0.2, 0) is 10.2 Å². The van der Waals surface area contributed by atoms with Crippen molar-refractivity contribution in [3.8, 4) is 0 Å². The number of amides is 2. The molecule has 0 spiro atoms. The summed E-state index contributed by atoms with van der Waals surface area (Å²) in [7, 11) is 0. The molecule has 2 aliphatic rings. The molecule has 2 aromatic carbocycles. The summed E-state index contributed by atoms with van der Waals surface area (Å²) in [6, 6.07) is 13.4. The van der Waals surface area contributed by atoms with Crippen LogP contribution in [0.1, 0.15) is 49.5 Å². The van der Waals surface area contributed by atoms with Crippen molar-refractivity contribution in [1.82, 2.24) is 0 Å². The minimum Gasteiger partial charge on any atom is -0.358 e. The second-order valence-electron chi connectivity index (χ2n) is 8.35. The topological polar surface area (TPSA) is 61.4 Å². The molecule has 27 heavy (non-hydrogen) atoms. The molecule has 2 heterocycles. The first-order valence-electron chi connectivity index (χ1n) is 9.46. The molecule has 1 saturated heterocycles. The van der Waals surface area contributed by atoms with Crippen LogP contribution in [0.3, 0.4) is 0 Å². The van der Waals surface area contributed by atoms with Gasteiger partial charge in [0.15, 0.2) is 0 Å². The molecule has 140 valence electrons. The van der Waals surface area contributed by atoms with Crippen LogP contribution in [0.25, 0.3) is 0 Å². The number of carbonyl (C=O) groups is 2. The molecule has 0 aromatic heterocycles. The van der Waals surface area contributed by atoms with Crippen molar-refractivity contribution in [2.45, 2.75) is 45.1 Å². The third-order valence-corrected chi connectivity index (χ3v) is 5.39. The van der Waals surface area contributed by atoms with Crippen molar-refractivity contribution in [3.05, 3.63) is 53.6 Å². The van der Waals surface area contributed by atoms with Gasteiger partial charge in [0.25, 0.3) is 5.91 Å². The molecule has 1 atom stereocenters. The highest BCUT2D eigenvalue weighted by Crippen LogP contribution is 2.37. The predicted molar refractivity (Wildman–Crippen MR) is 109 cm³/mol. The van der Waals surface area contributed by atoms with Crippen LogP contribution in [-0.4, -0.2) is 24.4 Å². The fourth-order valence-corrected chi connectivity index (χ4v) is 3.83. The van der Waals surface area contributed by atoms with Gasteiger partial charge in [0.05, 0.1) is 11.4 Å². The molecule has 0 aliphatic carbocycles. The Hall–Kier alpha value is -2.82. The van der Waals surface area contributed by atoms with E-state index in [0.717, 1.165) is 30.8 Å². The zero-order valence-electron chi connectivity index (χ0n) is 16.0. The number of carbonyl (C=O) groups excluding carboxylic acids is 2. The number of hydrogen-bond acceptors (Lipinski definition) is 3. The fourth-order valence-electron chi connectivity index (χ4n) is 3.83. The van der Waals surface area contributed by atoms with Gasteiger partial charge in [-0.15, -0.1) is 0 Å². The minimum atomic E-state index is -0.181. The van der Waals surface area contributed by atoms with Crippen LogP contribution in [0.4, 0.5) is 17.1 Å². The summed E-state index contributed by atoms with van der Waals surface area (Å²) in [6.07, 6.45) is 1.91. The molecule has 2 aliphatic heterocycles. The standard InChI is InChI=1S/C22H25N3O2/c1-22(2,3)15-7-9-16(10-8-15)23-20(26)14-6-11-18-17(13-14)24-21(27)19-5-4-12-25(18)19/h6-11,13,19H,4-5,12H2,1-3H3,(H,23,26)(H,24,27)/t19-/m1/s1. The number of fused-ring (bicyclic) bond motifs is 3. The molecule has 4 rings (SSSR count). The molecule has 2 amide bonds. The van der Waals surface area contributed by atoms with Crippen molar-refractivity contribution >= 4 is 28.9 Å². The molecular formula is C22H25N3O2. The molecule has 0 saturated carbocycles. The lowest BCUT2D eigenvalue weighted by molar-refractivity contribution is -0.117. The summed E-state index contributed by atoms with van der Waals surface area (Å²) in [4.78, 5) is 27.1. The number of nitrogens with one attached hydrogen (secondary N) is 2. The van der Waals surface area contributed by atoms with Crippen molar-refractivity contribution < 1.29 is 9.59 Å². The van der Waals surface area contributed by atoms with Gasteiger partial charge in [0.1, 0.15) is 6.04 Å². The van der Waals surface area contributed by atoms with Crippen LogP contribution in [0, 0.1) is 0 Å². The van der Waals surface area contributed by atoms with Gasteiger partial charge in [-0.2, -0.15) is 0 Å². The average molecular weight is 363 g/mol. The molecule has 0 radical (unpaired) electrons. The summed E-state index contributed by atoms with van der Waals surface area (Å²) in [5, 5.41) is 5.89. The fraction of sp³-hybridized carbons (Fsp3) is 0.364. The monoisotopic (exact) mass is 363 g/mol. The SMILES string of the molecule is CC(C)(C)c1ccc(NC(=O)c2ccc3c(c2)NC(=O)[C@H]2CCCN32)cc1. The highest BCUT2D eigenvalue weighted by Gasteiger charge is 2.36. The van der Waals surface area contributed by atoms with Gasteiger partial charge in [0.2, 0.25) is 5.91 Å². The molecule has 0 bridgehead atoms. The largest absolute Gasteiger partial charge is 0.358 e. The zero-order valence-corrected chi connectivity index (χ0v) is 16.0. The first-order valence-corrected chi connectivity index (χ1v) is 9.46. The normalized spacial score (nSPS) is 18.6.